The van der Waals surface area contributed by atoms with E-state index in [9.17, 15) is 0 Å². The maximum atomic E-state index is 6.06. The SMILES string of the molecule is b1cccc2oc(-c3ccc4cc5ccc6ccccc6c5cc4c3)cc12. The van der Waals surface area contributed by atoms with Gasteiger partial charge in [0.25, 0.3) is 0 Å². The molecule has 0 amide bonds. The van der Waals surface area contributed by atoms with Crippen LogP contribution in [-0.4, -0.2) is 6.91 Å². The summed E-state index contributed by atoms with van der Waals surface area (Å²) >= 11 is 0. The molecule has 0 saturated heterocycles. The molecule has 0 bridgehead atoms. The van der Waals surface area contributed by atoms with Crippen LogP contribution in [0.1, 0.15) is 0 Å². The first-order valence-corrected chi connectivity index (χ1v) is 9.19. The Balaban J connectivity index is 1.61. The summed E-state index contributed by atoms with van der Waals surface area (Å²) in [6.45, 7) is 2.09. The molecule has 6 rings (SSSR count). The number of furan rings is 1. The standard InChI is InChI=1S/C25H15BO/c1-2-5-21-16(4-1)7-9-18-12-17-8-10-19(13-20(17)14-22(18)21)25-15-23-24(27-25)6-3-11-26-23/h1-15H. The van der Waals surface area contributed by atoms with Crippen molar-refractivity contribution in [2.24, 2.45) is 0 Å². The van der Waals surface area contributed by atoms with Crippen LogP contribution in [0.2, 0.25) is 0 Å². The summed E-state index contributed by atoms with van der Waals surface area (Å²) < 4.78 is 6.06. The van der Waals surface area contributed by atoms with E-state index < -0.39 is 0 Å². The molecule has 0 unspecified atom stereocenters. The first-order chi connectivity index (χ1) is 13.3. The molecule has 0 aliphatic heterocycles. The van der Waals surface area contributed by atoms with Crippen molar-refractivity contribution in [1.29, 1.82) is 0 Å². The Morgan fingerprint density at radius 2 is 1.48 bits per heavy atom. The molecule has 0 aliphatic rings. The van der Waals surface area contributed by atoms with Gasteiger partial charge in [-0.1, -0.05) is 0 Å². The first-order valence-electron chi connectivity index (χ1n) is 9.19. The van der Waals surface area contributed by atoms with Gasteiger partial charge in [-0.05, 0) is 0 Å². The quantitative estimate of drug-likeness (QED) is 0.234. The van der Waals surface area contributed by atoms with E-state index in [1.54, 1.807) is 0 Å². The minimum absolute atomic E-state index is 0.913. The Kier molecular flexibility index (Phi) is 3.03. The van der Waals surface area contributed by atoms with Crippen LogP contribution < -0.4 is 0 Å². The fourth-order valence-electron chi connectivity index (χ4n) is 4.03. The summed E-state index contributed by atoms with van der Waals surface area (Å²) in [5.74, 6) is 2.95. The summed E-state index contributed by atoms with van der Waals surface area (Å²) in [4.78, 5) is 0. The van der Waals surface area contributed by atoms with Crippen LogP contribution in [0.5, 0.6) is 0 Å². The Hall–Kier alpha value is -3.39. The molecule has 0 N–H and O–H groups in total. The maximum absolute atomic E-state index is 6.06. The van der Waals surface area contributed by atoms with Crippen molar-refractivity contribution in [2.45, 2.75) is 0 Å². The molecule has 0 aliphatic carbocycles. The van der Waals surface area contributed by atoms with E-state index in [2.05, 4.69) is 79.7 Å². The first kappa shape index (κ1) is 14.7. The fraction of sp³-hybridized carbons (Fsp3) is 0. The van der Waals surface area contributed by atoms with E-state index in [0.29, 0.717) is 0 Å². The Morgan fingerprint density at radius 1 is 0.593 bits per heavy atom. The van der Waals surface area contributed by atoms with E-state index in [1.165, 1.54) is 32.3 Å². The van der Waals surface area contributed by atoms with E-state index in [-0.39, 0.29) is 0 Å². The molecule has 0 saturated carbocycles. The van der Waals surface area contributed by atoms with Crippen molar-refractivity contribution in [1.82, 2.24) is 0 Å². The van der Waals surface area contributed by atoms with E-state index in [4.69, 9.17) is 4.42 Å². The number of benzene rings is 4. The van der Waals surface area contributed by atoms with Crippen LogP contribution >= 0.6 is 0 Å². The van der Waals surface area contributed by atoms with Crippen LogP contribution in [0, 0.1) is 0 Å². The predicted molar refractivity (Wildman–Crippen MR) is 116 cm³/mol. The van der Waals surface area contributed by atoms with Gasteiger partial charge in [-0.3, -0.25) is 0 Å². The average molecular weight is 342 g/mol. The van der Waals surface area contributed by atoms with Crippen molar-refractivity contribution in [3.63, 3.8) is 0 Å². The second kappa shape index (κ2) is 5.55. The topological polar surface area (TPSA) is 13.1 Å². The van der Waals surface area contributed by atoms with Gasteiger partial charge in [-0.2, -0.15) is 0 Å². The van der Waals surface area contributed by atoms with Crippen LogP contribution in [0.15, 0.2) is 95.3 Å². The zero-order valence-electron chi connectivity index (χ0n) is 14.6. The van der Waals surface area contributed by atoms with Crippen molar-refractivity contribution >= 4 is 50.1 Å². The van der Waals surface area contributed by atoms with Crippen molar-refractivity contribution in [2.75, 3.05) is 0 Å². The molecule has 1 nitrogen and oxygen atoms in total. The number of hydrogen-bond donors (Lipinski definition) is 0. The molecular formula is C25H15BO. The van der Waals surface area contributed by atoms with Crippen LogP contribution in [0.4, 0.5) is 0 Å². The summed E-state index contributed by atoms with van der Waals surface area (Å²) in [6.07, 6.45) is 0. The Bertz CT molecular complexity index is 1440. The summed E-state index contributed by atoms with van der Waals surface area (Å²) in [5.41, 5.74) is 2.04. The number of hydrogen-bond acceptors (Lipinski definition) is 1. The third-order valence-corrected chi connectivity index (χ3v) is 5.41. The molecular weight excluding hydrogens is 327 g/mol. The monoisotopic (exact) mass is 342 g/mol. The molecule has 2 heteroatoms. The van der Waals surface area contributed by atoms with Gasteiger partial charge >= 0.3 is 157 Å². The molecule has 0 atom stereocenters. The van der Waals surface area contributed by atoms with Crippen LogP contribution in [0.25, 0.3) is 54.5 Å². The Labute approximate surface area is 157 Å². The molecule has 0 radical (unpaired) electrons. The minimum atomic E-state index is 0.913. The molecule has 2 aromatic heterocycles. The third-order valence-electron chi connectivity index (χ3n) is 5.41. The van der Waals surface area contributed by atoms with Crippen LogP contribution in [0.3, 0.4) is 0 Å². The average Bonchev–Trinajstić information content (AvgIpc) is 3.16. The van der Waals surface area contributed by atoms with Gasteiger partial charge in [-0.15, -0.1) is 0 Å². The molecule has 27 heavy (non-hydrogen) atoms. The summed E-state index contributed by atoms with van der Waals surface area (Å²) in [7, 11) is 0. The van der Waals surface area contributed by atoms with E-state index in [1.807, 2.05) is 18.1 Å². The van der Waals surface area contributed by atoms with Gasteiger partial charge in [0.15, 0.2) is 0 Å². The van der Waals surface area contributed by atoms with Gasteiger partial charge in [0.2, 0.25) is 0 Å². The third kappa shape index (κ3) is 2.30. The zero-order chi connectivity index (χ0) is 17.8. The van der Waals surface area contributed by atoms with E-state index in [0.717, 1.165) is 22.2 Å². The fourth-order valence-corrected chi connectivity index (χ4v) is 4.03. The van der Waals surface area contributed by atoms with Crippen molar-refractivity contribution in [3.8, 4) is 11.3 Å². The van der Waals surface area contributed by atoms with Gasteiger partial charge < -0.3 is 0 Å². The second-order valence-corrected chi connectivity index (χ2v) is 7.07. The summed E-state index contributed by atoms with van der Waals surface area (Å²) in [6, 6.07) is 30.3. The van der Waals surface area contributed by atoms with Gasteiger partial charge in [0.05, 0.1) is 0 Å². The van der Waals surface area contributed by atoms with Gasteiger partial charge in [-0.25, -0.2) is 0 Å². The van der Waals surface area contributed by atoms with Crippen LogP contribution in [-0.2, 0) is 0 Å². The second-order valence-electron chi connectivity index (χ2n) is 7.07. The summed E-state index contributed by atoms with van der Waals surface area (Å²) in [5, 5.41) is 8.76. The Morgan fingerprint density at radius 3 is 2.44 bits per heavy atom. The molecule has 6 aromatic rings. The van der Waals surface area contributed by atoms with Crippen molar-refractivity contribution in [3.05, 3.63) is 90.9 Å². The molecule has 2 heterocycles. The predicted octanol–water partition coefficient (Wildman–Crippen LogP) is 6.90. The zero-order valence-corrected chi connectivity index (χ0v) is 14.6. The van der Waals surface area contributed by atoms with Gasteiger partial charge in [0.1, 0.15) is 0 Å². The molecule has 0 fully saturated rings. The van der Waals surface area contributed by atoms with Gasteiger partial charge in [0, 0.05) is 0 Å². The number of rotatable bonds is 1. The normalized spacial score (nSPS) is 11.6. The number of fused-ring (bicyclic) bond motifs is 5. The molecule has 4 aromatic carbocycles. The molecule has 0 spiro atoms. The van der Waals surface area contributed by atoms with Crippen molar-refractivity contribution < 1.29 is 4.42 Å². The van der Waals surface area contributed by atoms with E-state index >= 15 is 0 Å². The molecule has 124 valence electrons.